The van der Waals surface area contributed by atoms with E-state index in [-0.39, 0.29) is 17.7 Å². The zero-order chi connectivity index (χ0) is 22.7. The van der Waals surface area contributed by atoms with Gasteiger partial charge >= 0.3 is 11.4 Å². The Bertz CT molecular complexity index is 1170. The van der Waals surface area contributed by atoms with E-state index in [1.165, 1.54) is 9.13 Å². The first kappa shape index (κ1) is 21.8. The molecule has 1 saturated heterocycles. The van der Waals surface area contributed by atoms with Crippen LogP contribution >= 0.6 is 0 Å². The van der Waals surface area contributed by atoms with Crippen molar-refractivity contribution in [2.24, 2.45) is 0 Å². The Labute approximate surface area is 187 Å². The Hall–Kier alpha value is -3.39. The minimum atomic E-state index is -0.558. The van der Waals surface area contributed by atoms with E-state index in [1.807, 2.05) is 55.5 Å². The van der Waals surface area contributed by atoms with Gasteiger partial charge in [-0.15, -0.1) is 0 Å². The summed E-state index contributed by atoms with van der Waals surface area (Å²) in [6.45, 7) is 9.10. The van der Waals surface area contributed by atoms with E-state index in [1.54, 1.807) is 13.8 Å². The minimum absolute atomic E-state index is 0.233. The van der Waals surface area contributed by atoms with E-state index in [9.17, 15) is 9.59 Å². The molecule has 1 aromatic heterocycles. The molecule has 0 unspecified atom stereocenters. The van der Waals surface area contributed by atoms with E-state index in [0.29, 0.717) is 6.54 Å². The van der Waals surface area contributed by atoms with Crippen LogP contribution in [0.4, 0.5) is 17.3 Å². The van der Waals surface area contributed by atoms with Crippen LogP contribution < -0.4 is 21.6 Å². The van der Waals surface area contributed by atoms with Gasteiger partial charge in [-0.2, -0.15) is 4.98 Å². The van der Waals surface area contributed by atoms with E-state index in [2.05, 4.69) is 15.2 Å². The fourth-order valence-electron chi connectivity index (χ4n) is 3.77. The average Bonchev–Trinajstić information content (AvgIpc) is 2.78. The fraction of sp³-hybridized carbons (Fsp3) is 0.375. The molecule has 1 N–H and O–H groups in total. The van der Waals surface area contributed by atoms with Crippen molar-refractivity contribution in [3.63, 3.8) is 0 Å². The van der Waals surface area contributed by atoms with Crippen molar-refractivity contribution in [3.05, 3.63) is 80.6 Å². The number of aryl methyl sites for hydroxylation is 1. The number of hydrogen-bond acceptors (Lipinski definition) is 6. The summed E-state index contributed by atoms with van der Waals surface area (Å²) in [5.74, 6) is 0.233. The third-order valence-electron chi connectivity index (χ3n) is 5.58. The van der Waals surface area contributed by atoms with Crippen LogP contribution in [0, 0.1) is 6.92 Å². The van der Waals surface area contributed by atoms with Crippen molar-refractivity contribution in [3.8, 4) is 0 Å². The second kappa shape index (κ2) is 9.40. The van der Waals surface area contributed by atoms with Crippen molar-refractivity contribution >= 4 is 17.3 Å². The number of rotatable bonds is 6. The minimum Gasteiger partial charge on any atom is -0.378 e. The van der Waals surface area contributed by atoms with Gasteiger partial charge in [0.05, 0.1) is 19.8 Å². The SMILES string of the molecule is Cc1ccc(Cn2c(Nc3ccc(N4CCOCC4)cc3)nc(=O)n(C(C)C)c2=O)cc1. The first-order valence-electron chi connectivity index (χ1n) is 10.9. The van der Waals surface area contributed by atoms with Gasteiger partial charge < -0.3 is 15.0 Å². The highest BCUT2D eigenvalue weighted by molar-refractivity contribution is 5.59. The maximum absolute atomic E-state index is 13.2. The maximum atomic E-state index is 13.2. The summed E-state index contributed by atoms with van der Waals surface area (Å²) in [5.41, 5.74) is 3.03. The van der Waals surface area contributed by atoms with Crippen molar-refractivity contribution in [2.45, 2.75) is 33.4 Å². The largest absolute Gasteiger partial charge is 0.378 e. The van der Waals surface area contributed by atoms with Crippen LogP contribution in [-0.4, -0.2) is 40.4 Å². The Morgan fingerprint density at radius 1 is 1.00 bits per heavy atom. The first-order chi connectivity index (χ1) is 15.4. The predicted octanol–water partition coefficient (Wildman–Crippen LogP) is 2.92. The highest BCUT2D eigenvalue weighted by Crippen LogP contribution is 2.21. The van der Waals surface area contributed by atoms with Gasteiger partial charge in [0.1, 0.15) is 0 Å². The summed E-state index contributed by atoms with van der Waals surface area (Å²) < 4.78 is 8.11. The number of benzene rings is 2. The molecule has 0 amide bonds. The lowest BCUT2D eigenvalue weighted by atomic mass is 10.1. The summed E-state index contributed by atoms with van der Waals surface area (Å²) in [4.78, 5) is 32.3. The van der Waals surface area contributed by atoms with Crippen molar-refractivity contribution in [1.29, 1.82) is 0 Å². The van der Waals surface area contributed by atoms with Crippen LogP contribution in [0.5, 0.6) is 0 Å². The molecule has 0 saturated carbocycles. The summed E-state index contributed by atoms with van der Waals surface area (Å²) in [6.07, 6.45) is 0. The second-order valence-corrected chi connectivity index (χ2v) is 8.31. The van der Waals surface area contributed by atoms with Crippen LogP contribution in [0.2, 0.25) is 0 Å². The van der Waals surface area contributed by atoms with Gasteiger partial charge in [-0.3, -0.25) is 4.57 Å². The summed E-state index contributed by atoms with van der Waals surface area (Å²) in [6, 6.07) is 15.6. The van der Waals surface area contributed by atoms with Gasteiger partial charge in [0.25, 0.3) is 0 Å². The highest BCUT2D eigenvalue weighted by Gasteiger charge is 2.16. The number of nitrogens with zero attached hydrogens (tertiary/aromatic N) is 4. The maximum Gasteiger partial charge on any atom is 0.355 e. The third-order valence-corrected chi connectivity index (χ3v) is 5.58. The predicted molar refractivity (Wildman–Crippen MR) is 126 cm³/mol. The van der Waals surface area contributed by atoms with Crippen molar-refractivity contribution in [1.82, 2.24) is 14.1 Å². The molecule has 1 aliphatic rings. The summed E-state index contributed by atoms with van der Waals surface area (Å²) >= 11 is 0. The van der Waals surface area contributed by atoms with E-state index in [0.717, 1.165) is 48.8 Å². The number of anilines is 3. The number of nitrogens with one attached hydrogen (secondary N) is 1. The zero-order valence-corrected chi connectivity index (χ0v) is 18.7. The Morgan fingerprint density at radius 2 is 1.66 bits per heavy atom. The number of ether oxygens (including phenoxy) is 1. The average molecular weight is 436 g/mol. The topological polar surface area (TPSA) is 81.4 Å². The van der Waals surface area contributed by atoms with Crippen molar-refractivity contribution in [2.75, 3.05) is 36.5 Å². The molecular weight excluding hydrogens is 406 g/mol. The standard InChI is InChI=1S/C24H29N5O3/c1-17(2)29-23(30)26-22(28(24(29)31)16-19-6-4-18(3)5-7-19)25-20-8-10-21(11-9-20)27-12-14-32-15-13-27/h4-11,17H,12-16H2,1-3H3,(H,25,26,30). The Morgan fingerprint density at radius 3 is 2.28 bits per heavy atom. The number of hydrogen-bond donors (Lipinski definition) is 1. The molecule has 4 rings (SSSR count). The highest BCUT2D eigenvalue weighted by atomic mass is 16.5. The van der Waals surface area contributed by atoms with E-state index >= 15 is 0 Å². The van der Waals surface area contributed by atoms with Gasteiger partial charge in [-0.25, -0.2) is 14.2 Å². The molecule has 32 heavy (non-hydrogen) atoms. The van der Waals surface area contributed by atoms with Crippen molar-refractivity contribution < 1.29 is 4.74 Å². The lowest BCUT2D eigenvalue weighted by Gasteiger charge is -2.29. The normalized spacial score (nSPS) is 14.1. The molecule has 2 heterocycles. The van der Waals surface area contributed by atoms with Gasteiger partial charge in [0.2, 0.25) is 5.95 Å². The lowest BCUT2D eigenvalue weighted by molar-refractivity contribution is 0.122. The van der Waals surface area contributed by atoms with Crippen LogP contribution in [0.25, 0.3) is 0 Å². The smallest absolute Gasteiger partial charge is 0.355 e. The molecule has 1 fully saturated rings. The third kappa shape index (κ3) is 4.75. The lowest BCUT2D eigenvalue weighted by Crippen LogP contribution is -2.43. The number of aromatic nitrogens is 3. The monoisotopic (exact) mass is 435 g/mol. The van der Waals surface area contributed by atoms with Crippen LogP contribution in [0.3, 0.4) is 0 Å². The van der Waals surface area contributed by atoms with Gasteiger partial charge in [0, 0.05) is 30.5 Å². The van der Waals surface area contributed by atoms with E-state index in [4.69, 9.17) is 4.74 Å². The second-order valence-electron chi connectivity index (χ2n) is 8.31. The number of morpholine rings is 1. The first-order valence-corrected chi connectivity index (χ1v) is 10.9. The quantitative estimate of drug-likeness (QED) is 0.641. The molecule has 0 aliphatic carbocycles. The van der Waals surface area contributed by atoms with Crippen LogP contribution in [0.1, 0.15) is 31.0 Å². The summed E-state index contributed by atoms with van der Waals surface area (Å²) in [5, 5.41) is 3.18. The molecule has 2 aromatic carbocycles. The van der Waals surface area contributed by atoms with Gasteiger partial charge in [-0.1, -0.05) is 29.8 Å². The zero-order valence-electron chi connectivity index (χ0n) is 18.7. The molecule has 8 heteroatoms. The van der Waals surface area contributed by atoms with Crippen LogP contribution in [0.15, 0.2) is 58.1 Å². The molecule has 0 bridgehead atoms. The van der Waals surface area contributed by atoms with Gasteiger partial charge in [0.15, 0.2) is 0 Å². The molecule has 3 aromatic rings. The van der Waals surface area contributed by atoms with Crippen LogP contribution in [-0.2, 0) is 11.3 Å². The summed E-state index contributed by atoms with van der Waals surface area (Å²) in [7, 11) is 0. The molecule has 0 atom stereocenters. The van der Waals surface area contributed by atoms with Gasteiger partial charge in [-0.05, 0) is 50.6 Å². The van der Waals surface area contributed by atoms with E-state index < -0.39 is 5.69 Å². The molecule has 1 aliphatic heterocycles. The Kier molecular flexibility index (Phi) is 6.41. The molecule has 168 valence electrons. The molecule has 0 spiro atoms. The molecule has 8 nitrogen and oxygen atoms in total. The fourth-order valence-corrected chi connectivity index (χ4v) is 3.77. The molecule has 0 radical (unpaired) electrons. The molecular formula is C24H29N5O3. The Balaban J connectivity index is 1.67.